The van der Waals surface area contributed by atoms with Gasteiger partial charge in [-0.05, 0) is 48.4 Å². The first-order chi connectivity index (χ1) is 8.36. The molecule has 1 aromatic heterocycles. The van der Waals surface area contributed by atoms with E-state index in [1.807, 2.05) is 10.7 Å². The van der Waals surface area contributed by atoms with Crippen LogP contribution in [0, 0.1) is 0 Å². The first kappa shape index (κ1) is 13.8. The summed E-state index contributed by atoms with van der Waals surface area (Å²) in [6.07, 6.45) is 0. The molecule has 2 rings (SSSR count). The van der Waals surface area contributed by atoms with E-state index in [2.05, 4.69) is 82.0 Å². The van der Waals surface area contributed by atoms with Gasteiger partial charge < -0.3 is 0 Å². The maximum Gasteiger partial charge on any atom is 0.129 e. The zero-order valence-electron chi connectivity index (χ0n) is 10.7. The van der Waals surface area contributed by atoms with Crippen LogP contribution in [0.5, 0.6) is 0 Å². The Morgan fingerprint density at radius 3 is 2.17 bits per heavy atom. The van der Waals surface area contributed by atoms with E-state index in [4.69, 9.17) is 0 Å². The highest BCUT2D eigenvalue weighted by Gasteiger charge is 2.13. The largest absolute Gasteiger partial charge is 0.253 e. The molecular weight excluding hydrogens is 356 g/mol. The second kappa shape index (κ2) is 5.17. The molecule has 0 bridgehead atoms. The number of halogens is 2. The standard InChI is InChI=1S/C14H16Br2N2/c1-14(2,3)11-6-4-10(5-7-11)9-18-13(16)8-12(15)17-18/h4-8H,9H2,1-3H3. The van der Waals surface area contributed by atoms with E-state index in [0.29, 0.717) is 0 Å². The molecule has 0 amide bonds. The van der Waals surface area contributed by atoms with E-state index >= 15 is 0 Å². The SMILES string of the molecule is CC(C)(C)c1ccc(Cn2nc(Br)cc2Br)cc1. The van der Waals surface area contributed by atoms with Crippen molar-refractivity contribution in [2.45, 2.75) is 32.7 Å². The molecule has 1 aromatic carbocycles. The van der Waals surface area contributed by atoms with E-state index in [-0.39, 0.29) is 5.41 Å². The minimum absolute atomic E-state index is 0.202. The molecule has 2 nitrogen and oxygen atoms in total. The van der Waals surface area contributed by atoms with Crippen LogP contribution in [0.2, 0.25) is 0 Å². The maximum atomic E-state index is 4.36. The van der Waals surface area contributed by atoms with Crippen molar-refractivity contribution < 1.29 is 0 Å². The summed E-state index contributed by atoms with van der Waals surface area (Å²) in [4.78, 5) is 0. The van der Waals surface area contributed by atoms with E-state index in [0.717, 1.165) is 15.8 Å². The highest BCUT2D eigenvalue weighted by atomic mass is 79.9. The highest BCUT2D eigenvalue weighted by molar-refractivity contribution is 9.11. The summed E-state index contributed by atoms with van der Waals surface area (Å²) in [6.45, 7) is 7.45. The van der Waals surface area contributed by atoms with Gasteiger partial charge >= 0.3 is 0 Å². The lowest BCUT2D eigenvalue weighted by atomic mass is 9.87. The Labute approximate surface area is 125 Å². The Bertz CT molecular complexity index is 536. The molecule has 0 aliphatic rings. The number of rotatable bonds is 2. The number of hydrogen-bond donors (Lipinski definition) is 0. The fourth-order valence-electron chi connectivity index (χ4n) is 1.76. The molecule has 0 fully saturated rings. The van der Waals surface area contributed by atoms with Gasteiger partial charge in [-0.2, -0.15) is 5.10 Å². The van der Waals surface area contributed by atoms with Crippen molar-refractivity contribution in [3.05, 3.63) is 50.7 Å². The average molecular weight is 372 g/mol. The molecule has 0 atom stereocenters. The second-order valence-electron chi connectivity index (χ2n) is 5.39. The zero-order valence-corrected chi connectivity index (χ0v) is 13.9. The zero-order chi connectivity index (χ0) is 13.3. The Hall–Kier alpha value is -0.610. The van der Waals surface area contributed by atoms with E-state index < -0.39 is 0 Å². The molecule has 0 radical (unpaired) electrons. The first-order valence-corrected chi connectivity index (χ1v) is 7.43. The van der Waals surface area contributed by atoms with Crippen LogP contribution in [0.4, 0.5) is 0 Å². The summed E-state index contributed by atoms with van der Waals surface area (Å²) in [7, 11) is 0. The van der Waals surface area contributed by atoms with Crippen molar-refractivity contribution >= 4 is 31.9 Å². The van der Waals surface area contributed by atoms with Crippen LogP contribution in [0.15, 0.2) is 39.5 Å². The molecule has 18 heavy (non-hydrogen) atoms. The van der Waals surface area contributed by atoms with Crippen molar-refractivity contribution in [3.8, 4) is 0 Å². The van der Waals surface area contributed by atoms with E-state index in [1.165, 1.54) is 11.1 Å². The molecule has 0 aliphatic heterocycles. The molecule has 1 heterocycles. The summed E-state index contributed by atoms with van der Waals surface area (Å²) in [5.41, 5.74) is 2.81. The Morgan fingerprint density at radius 2 is 1.72 bits per heavy atom. The summed E-state index contributed by atoms with van der Waals surface area (Å²) < 4.78 is 3.76. The van der Waals surface area contributed by atoms with Crippen LogP contribution >= 0.6 is 31.9 Å². The number of nitrogens with zero attached hydrogens (tertiary/aromatic N) is 2. The summed E-state index contributed by atoms with van der Waals surface area (Å²) in [5.74, 6) is 0. The molecule has 0 unspecified atom stereocenters. The number of benzene rings is 1. The number of hydrogen-bond acceptors (Lipinski definition) is 1. The maximum absolute atomic E-state index is 4.36. The van der Waals surface area contributed by atoms with Crippen molar-refractivity contribution in [3.63, 3.8) is 0 Å². The van der Waals surface area contributed by atoms with Gasteiger partial charge in [-0.15, -0.1) is 0 Å². The molecular formula is C14H16Br2N2. The lowest BCUT2D eigenvalue weighted by Crippen LogP contribution is -2.11. The second-order valence-corrected chi connectivity index (χ2v) is 7.02. The van der Waals surface area contributed by atoms with Crippen LogP contribution in [-0.2, 0) is 12.0 Å². The normalized spacial score (nSPS) is 11.8. The van der Waals surface area contributed by atoms with Gasteiger partial charge in [0.05, 0.1) is 6.54 Å². The molecule has 0 saturated heterocycles. The third-order valence-electron chi connectivity index (χ3n) is 2.85. The number of aromatic nitrogens is 2. The van der Waals surface area contributed by atoms with Gasteiger partial charge in [0.25, 0.3) is 0 Å². The summed E-state index contributed by atoms with van der Waals surface area (Å²) in [6, 6.07) is 10.7. The summed E-state index contributed by atoms with van der Waals surface area (Å²) in [5, 5.41) is 4.36. The predicted molar refractivity (Wildman–Crippen MR) is 81.9 cm³/mol. The predicted octanol–water partition coefficient (Wildman–Crippen LogP) is 4.75. The molecule has 2 aromatic rings. The molecule has 4 heteroatoms. The van der Waals surface area contributed by atoms with Crippen LogP contribution < -0.4 is 0 Å². The van der Waals surface area contributed by atoms with Crippen molar-refractivity contribution in [2.24, 2.45) is 0 Å². The average Bonchev–Trinajstić information content (AvgIpc) is 2.57. The Morgan fingerprint density at radius 1 is 1.11 bits per heavy atom. The monoisotopic (exact) mass is 370 g/mol. The van der Waals surface area contributed by atoms with Gasteiger partial charge in [-0.3, -0.25) is 4.68 Å². The van der Waals surface area contributed by atoms with Gasteiger partial charge in [0.15, 0.2) is 0 Å². The topological polar surface area (TPSA) is 17.8 Å². The van der Waals surface area contributed by atoms with Crippen LogP contribution in [0.25, 0.3) is 0 Å². The fourth-order valence-corrected chi connectivity index (χ4v) is 2.90. The van der Waals surface area contributed by atoms with Gasteiger partial charge in [0.1, 0.15) is 9.21 Å². The van der Waals surface area contributed by atoms with Gasteiger partial charge in [-0.1, -0.05) is 45.0 Å². The van der Waals surface area contributed by atoms with Gasteiger partial charge in [-0.25, -0.2) is 0 Å². The molecule has 96 valence electrons. The van der Waals surface area contributed by atoms with Crippen LogP contribution in [0.1, 0.15) is 31.9 Å². The van der Waals surface area contributed by atoms with E-state index in [9.17, 15) is 0 Å². The van der Waals surface area contributed by atoms with Gasteiger partial charge in [0, 0.05) is 6.07 Å². The van der Waals surface area contributed by atoms with Crippen LogP contribution in [0.3, 0.4) is 0 Å². The van der Waals surface area contributed by atoms with Crippen LogP contribution in [-0.4, -0.2) is 9.78 Å². The lowest BCUT2D eigenvalue weighted by molar-refractivity contribution is 0.589. The minimum Gasteiger partial charge on any atom is -0.253 e. The molecule has 0 aliphatic carbocycles. The molecule has 0 saturated carbocycles. The highest BCUT2D eigenvalue weighted by Crippen LogP contribution is 2.23. The van der Waals surface area contributed by atoms with E-state index in [1.54, 1.807) is 0 Å². The van der Waals surface area contributed by atoms with Crippen molar-refractivity contribution in [1.82, 2.24) is 9.78 Å². The van der Waals surface area contributed by atoms with Gasteiger partial charge in [0.2, 0.25) is 0 Å². The lowest BCUT2D eigenvalue weighted by Gasteiger charge is -2.19. The minimum atomic E-state index is 0.202. The smallest absolute Gasteiger partial charge is 0.129 e. The molecule has 0 N–H and O–H groups in total. The van der Waals surface area contributed by atoms with Crippen molar-refractivity contribution in [1.29, 1.82) is 0 Å². The first-order valence-electron chi connectivity index (χ1n) is 5.84. The third-order valence-corrected chi connectivity index (χ3v) is 3.88. The quantitative estimate of drug-likeness (QED) is 0.744. The third kappa shape index (κ3) is 3.23. The summed E-state index contributed by atoms with van der Waals surface area (Å²) >= 11 is 6.86. The van der Waals surface area contributed by atoms with Crippen molar-refractivity contribution in [2.75, 3.05) is 0 Å². The Kier molecular flexibility index (Phi) is 3.97. The fraction of sp³-hybridized carbons (Fsp3) is 0.357. The molecule has 0 spiro atoms. The Balaban J connectivity index is 2.18.